The Kier molecular flexibility index (Phi) is 3.74. The Balaban J connectivity index is 1.71. The highest BCUT2D eigenvalue weighted by Gasteiger charge is 2.38. The predicted molar refractivity (Wildman–Crippen MR) is 80.8 cm³/mol. The average Bonchev–Trinajstić information content (AvgIpc) is 3.09. The molecule has 8 heteroatoms. The Hall–Kier alpha value is -2.51. The number of hydrazone groups is 1. The molecule has 1 aromatic carbocycles. The van der Waals surface area contributed by atoms with Crippen LogP contribution in [-0.4, -0.2) is 16.1 Å². The summed E-state index contributed by atoms with van der Waals surface area (Å²) in [6.07, 6.45) is 6.76. The molecular formula is C14H16N4O4. The standard InChI is InChI=1S/C14H16N4O4/c19-17(20)12-3-4-13(14(7-12)18(21)22)16-15-8-11-6-9-1-2-10(11)5-9/h3-4,7-11,16H,1-2,5-6H2/b15-8-/t9-,10+,11-/m0/s1. The molecule has 0 amide bonds. The van der Waals surface area contributed by atoms with E-state index in [9.17, 15) is 20.2 Å². The molecule has 2 bridgehead atoms. The molecule has 0 aliphatic heterocycles. The van der Waals surface area contributed by atoms with E-state index in [2.05, 4.69) is 10.5 Å². The van der Waals surface area contributed by atoms with E-state index in [-0.39, 0.29) is 17.1 Å². The summed E-state index contributed by atoms with van der Waals surface area (Å²) in [6, 6.07) is 3.48. The molecule has 2 fully saturated rings. The number of rotatable bonds is 5. The molecule has 0 saturated heterocycles. The largest absolute Gasteiger partial charge is 0.301 e. The minimum absolute atomic E-state index is 0.162. The Morgan fingerprint density at radius 3 is 2.59 bits per heavy atom. The van der Waals surface area contributed by atoms with Crippen molar-refractivity contribution in [3.05, 3.63) is 38.4 Å². The average molecular weight is 304 g/mol. The molecule has 1 aromatic rings. The van der Waals surface area contributed by atoms with Gasteiger partial charge in [0.15, 0.2) is 0 Å². The fourth-order valence-electron chi connectivity index (χ4n) is 3.56. The van der Waals surface area contributed by atoms with Crippen LogP contribution in [0.3, 0.4) is 0 Å². The van der Waals surface area contributed by atoms with Gasteiger partial charge in [-0.3, -0.25) is 25.7 Å². The molecule has 0 unspecified atom stereocenters. The van der Waals surface area contributed by atoms with E-state index in [4.69, 9.17) is 0 Å². The minimum atomic E-state index is -0.657. The smallest absolute Gasteiger partial charge is 0.272 e. The van der Waals surface area contributed by atoms with E-state index >= 15 is 0 Å². The lowest BCUT2D eigenvalue weighted by molar-refractivity contribution is -0.393. The van der Waals surface area contributed by atoms with E-state index in [1.165, 1.54) is 31.4 Å². The molecular weight excluding hydrogens is 288 g/mol. The van der Waals surface area contributed by atoms with Gasteiger partial charge < -0.3 is 0 Å². The first kappa shape index (κ1) is 14.4. The second-order valence-corrected chi connectivity index (χ2v) is 5.94. The van der Waals surface area contributed by atoms with Gasteiger partial charge in [0.2, 0.25) is 0 Å². The van der Waals surface area contributed by atoms with Crippen molar-refractivity contribution in [3.8, 4) is 0 Å². The maximum atomic E-state index is 11.0. The van der Waals surface area contributed by atoms with Crippen molar-refractivity contribution in [1.82, 2.24) is 0 Å². The van der Waals surface area contributed by atoms with Gasteiger partial charge in [-0.2, -0.15) is 5.10 Å². The molecule has 0 aromatic heterocycles. The number of fused-ring (bicyclic) bond motifs is 2. The summed E-state index contributed by atoms with van der Waals surface area (Å²) in [5.41, 5.74) is 2.16. The van der Waals surface area contributed by atoms with Gasteiger partial charge in [-0.25, -0.2) is 0 Å². The number of non-ortho nitro benzene ring substituents is 1. The summed E-state index contributed by atoms with van der Waals surface area (Å²) >= 11 is 0. The topological polar surface area (TPSA) is 111 Å². The third kappa shape index (κ3) is 2.76. The molecule has 2 aliphatic rings. The molecule has 3 atom stereocenters. The van der Waals surface area contributed by atoms with Gasteiger partial charge in [0.25, 0.3) is 5.69 Å². The molecule has 0 radical (unpaired) electrons. The molecule has 116 valence electrons. The summed E-state index contributed by atoms with van der Waals surface area (Å²) in [4.78, 5) is 20.4. The van der Waals surface area contributed by atoms with E-state index in [1.54, 1.807) is 0 Å². The summed E-state index contributed by atoms with van der Waals surface area (Å²) in [7, 11) is 0. The molecule has 8 nitrogen and oxygen atoms in total. The van der Waals surface area contributed by atoms with Crippen LogP contribution >= 0.6 is 0 Å². The van der Waals surface area contributed by atoms with Crippen molar-refractivity contribution in [3.63, 3.8) is 0 Å². The Bertz CT molecular complexity index is 646. The maximum absolute atomic E-state index is 11.0. The zero-order valence-electron chi connectivity index (χ0n) is 11.8. The van der Waals surface area contributed by atoms with E-state index in [1.807, 2.05) is 6.21 Å². The van der Waals surface area contributed by atoms with E-state index < -0.39 is 9.85 Å². The van der Waals surface area contributed by atoms with Crippen LogP contribution in [0.2, 0.25) is 0 Å². The lowest BCUT2D eigenvalue weighted by atomic mass is 9.90. The van der Waals surface area contributed by atoms with Gasteiger partial charge in [-0.15, -0.1) is 0 Å². The lowest BCUT2D eigenvalue weighted by Gasteiger charge is -2.16. The molecule has 0 heterocycles. The first-order chi connectivity index (χ1) is 10.5. The fourth-order valence-corrected chi connectivity index (χ4v) is 3.56. The fraction of sp³-hybridized carbons (Fsp3) is 0.500. The van der Waals surface area contributed by atoms with Crippen molar-refractivity contribution in [1.29, 1.82) is 0 Å². The van der Waals surface area contributed by atoms with E-state index in [0.29, 0.717) is 11.8 Å². The highest BCUT2D eigenvalue weighted by Crippen LogP contribution is 2.47. The number of hydrogen-bond acceptors (Lipinski definition) is 6. The zero-order chi connectivity index (χ0) is 15.7. The van der Waals surface area contributed by atoms with Crippen molar-refractivity contribution in [2.24, 2.45) is 22.9 Å². The summed E-state index contributed by atoms with van der Waals surface area (Å²) in [6.45, 7) is 0. The van der Waals surface area contributed by atoms with Crippen LogP contribution in [0.25, 0.3) is 0 Å². The normalized spacial score (nSPS) is 26.5. The van der Waals surface area contributed by atoms with Gasteiger partial charge in [0.1, 0.15) is 5.69 Å². The highest BCUT2D eigenvalue weighted by atomic mass is 16.6. The Morgan fingerprint density at radius 1 is 1.18 bits per heavy atom. The van der Waals surface area contributed by atoms with Crippen LogP contribution in [0.5, 0.6) is 0 Å². The van der Waals surface area contributed by atoms with Gasteiger partial charge >= 0.3 is 5.69 Å². The van der Waals surface area contributed by atoms with Crippen LogP contribution in [0.4, 0.5) is 17.1 Å². The second-order valence-electron chi connectivity index (χ2n) is 5.94. The molecule has 0 spiro atoms. The number of nitro groups is 2. The quantitative estimate of drug-likeness (QED) is 0.509. The van der Waals surface area contributed by atoms with Gasteiger partial charge in [0, 0.05) is 12.3 Å². The van der Waals surface area contributed by atoms with Gasteiger partial charge in [-0.1, -0.05) is 6.42 Å². The van der Waals surface area contributed by atoms with Crippen LogP contribution in [0.15, 0.2) is 23.3 Å². The lowest BCUT2D eigenvalue weighted by Crippen LogP contribution is -2.12. The SMILES string of the molecule is O=[N+]([O-])c1ccc(N/N=C\[C@@H]2C[C@H]3CC[C@@H]2C3)c([N+](=O)[O-])c1. The molecule has 2 aliphatic carbocycles. The Labute approximate surface area is 126 Å². The van der Waals surface area contributed by atoms with Crippen LogP contribution in [0.1, 0.15) is 25.7 Å². The number of hydrogen-bond donors (Lipinski definition) is 1. The van der Waals surface area contributed by atoms with Crippen LogP contribution in [0, 0.1) is 38.0 Å². The summed E-state index contributed by atoms with van der Waals surface area (Å²) < 4.78 is 0. The van der Waals surface area contributed by atoms with Crippen molar-refractivity contribution < 1.29 is 9.85 Å². The van der Waals surface area contributed by atoms with Crippen LogP contribution in [-0.2, 0) is 0 Å². The number of benzene rings is 1. The predicted octanol–water partition coefficient (Wildman–Crippen LogP) is 3.34. The van der Waals surface area contributed by atoms with Gasteiger partial charge in [0.05, 0.1) is 15.9 Å². The third-order valence-electron chi connectivity index (χ3n) is 4.63. The molecule has 2 saturated carbocycles. The van der Waals surface area contributed by atoms with Crippen molar-refractivity contribution in [2.45, 2.75) is 25.7 Å². The third-order valence-corrected chi connectivity index (χ3v) is 4.63. The van der Waals surface area contributed by atoms with Crippen LogP contribution < -0.4 is 5.43 Å². The van der Waals surface area contributed by atoms with Crippen molar-refractivity contribution >= 4 is 23.3 Å². The van der Waals surface area contributed by atoms with Gasteiger partial charge in [-0.05, 0) is 43.1 Å². The zero-order valence-corrected chi connectivity index (χ0v) is 11.8. The highest BCUT2D eigenvalue weighted by molar-refractivity contribution is 5.68. The molecule has 1 N–H and O–H groups in total. The number of nitro benzene ring substituents is 2. The number of anilines is 1. The number of nitrogens with one attached hydrogen (secondary N) is 1. The first-order valence-corrected chi connectivity index (χ1v) is 7.26. The molecule has 3 rings (SSSR count). The number of nitrogens with zero attached hydrogens (tertiary/aromatic N) is 3. The van der Waals surface area contributed by atoms with E-state index in [0.717, 1.165) is 18.4 Å². The monoisotopic (exact) mass is 304 g/mol. The maximum Gasteiger partial charge on any atom is 0.301 e. The summed E-state index contributed by atoms with van der Waals surface area (Å²) in [5.74, 6) is 1.92. The summed E-state index contributed by atoms with van der Waals surface area (Å²) in [5, 5.41) is 25.8. The van der Waals surface area contributed by atoms with Crippen molar-refractivity contribution in [2.75, 3.05) is 5.43 Å². The molecule has 22 heavy (non-hydrogen) atoms. The minimum Gasteiger partial charge on any atom is -0.272 e. The second kappa shape index (κ2) is 5.70. The first-order valence-electron chi connectivity index (χ1n) is 7.26. The Morgan fingerprint density at radius 2 is 2.00 bits per heavy atom.